The van der Waals surface area contributed by atoms with E-state index in [9.17, 15) is 4.79 Å². The first-order chi connectivity index (χ1) is 14.8. The molecule has 1 atom stereocenters. The van der Waals surface area contributed by atoms with Crippen molar-refractivity contribution in [2.24, 2.45) is 0 Å². The minimum Gasteiger partial charge on any atom is -0.484 e. The van der Waals surface area contributed by atoms with Crippen molar-refractivity contribution in [1.29, 1.82) is 0 Å². The number of nitrogens with zero attached hydrogens (tertiary/aromatic N) is 5. The van der Waals surface area contributed by atoms with E-state index in [0.717, 1.165) is 24.9 Å². The Labute approximate surface area is 173 Å². The van der Waals surface area contributed by atoms with Crippen molar-refractivity contribution in [3.05, 3.63) is 66.8 Å². The molecule has 0 aliphatic carbocycles. The third-order valence-corrected chi connectivity index (χ3v) is 5.25. The Morgan fingerprint density at radius 1 is 1.10 bits per heavy atom. The number of hydrogen-bond donors (Lipinski definition) is 0. The van der Waals surface area contributed by atoms with Crippen molar-refractivity contribution in [3.63, 3.8) is 0 Å². The number of carbonyl (C=O) groups is 1. The second-order valence-electron chi connectivity index (χ2n) is 7.25. The maximum Gasteiger partial charge on any atom is 0.261 e. The molecule has 3 aromatic heterocycles. The Bertz CT molecular complexity index is 1120. The van der Waals surface area contributed by atoms with Crippen molar-refractivity contribution >= 4 is 11.6 Å². The molecule has 1 aromatic carbocycles. The third-order valence-electron chi connectivity index (χ3n) is 5.25. The number of likely N-dealkylation sites (tertiary alicyclic amines) is 1. The largest absolute Gasteiger partial charge is 0.484 e. The Morgan fingerprint density at radius 2 is 1.97 bits per heavy atom. The van der Waals surface area contributed by atoms with Gasteiger partial charge in [0.05, 0.1) is 0 Å². The summed E-state index contributed by atoms with van der Waals surface area (Å²) in [5, 5.41) is 4.11. The van der Waals surface area contributed by atoms with Gasteiger partial charge in [-0.3, -0.25) is 4.79 Å². The Balaban J connectivity index is 1.33. The summed E-state index contributed by atoms with van der Waals surface area (Å²) in [6.07, 6.45) is 6.51. The van der Waals surface area contributed by atoms with E-state index in [1.165, 1.54) is 0 Å². The Kier molecular flexibility index (Phi) is 4.88. The monoisotopic (exact) mass is 403 g/mol. The quantitative estimate of drug-likeness (QED) is 0.507. The van der Waals surface area contributed by atoms with Crippen molar-refractivity contribution in [2.75, 3.05) is 13.2 Å². The predicted molar refractivity (Wildman–Crippen MR) is 109 cm³/mol. The van der Waals surface area contributed by atoms with Gasteiger partial charge in [-0.15, -0.1) is 0 Å². The molecule has 1 fully saturated rings. The topological polar surface area (TPSA) is 85.8 Å². The van der Waals surface area contributed by atoms with Crippen LogP contribution < -0.4 is 4.74 Å². The summed E-state index contributed by atoms with van der Waals surface area (Å²) in [6.45, 7) is 0.627. The molecule has 1 saturated heterocycles. The summed E-state index contributed by atoms with van der Waals surface area (Å²) < 4.78 is 13.1. The smallest absolute Gasteiger partial charge is 0.261 e. The van der Waals surface area contributed by atoms with Gasteiger partial charge in [0.15, 0.2) is 6.61 Å². The first kappa shape index (κ1) is 18.4. The number of ether oxygens (including phenoxy) is 1. The van der Waals surface area contributed by atoms with E-state index < -0.39 is 0 Å². The molecule has 0 bridgehead atoms. The van der Waals surface area contributed by atoms with E-state index in [-0.39, 0.29) is 18.6 Å². The normalized spacial score (nSPS) is 16.7. The van der Waals surface area contributed by atoms with Crippen LogP contribution in [0, 0.1) is 0 Å². The number of benzene rings is 1. The number of pyridine rings is 1. The molecule has 5 rings (SSSR count). The number of carbonyl (C=O) groups excluding carboxylic acids is 1. The molecule has 4 aromatic rings. The number of fused-ring (bicyclic) bond motifs is 1. The number of piperidine rings is 1. The van der Waals surface area contributed by atoms with Crippen molar-refractivity contribution in [3.8, 4) is 17.3 Å². The molecule has 4 heterocycles. The van der Waals surface area contributed by atoms with Crippen LogP contribution >= 0.6 is 0 Å². The molecule has 0 radical (unpaired) electrons. The fourth-order valence-corrected chi connectivity index (χ4v) is 3.75. The standard InChI is InChI=1S/C22H21N5O3/c28-20(15-29-16-8-2-1-3-9-16)27-13-7-4-10-18(27)22-24-21(25-30-22)17-14-26-12-6-5-11-19(26)23-17/h1-3,5-6,8-9,11-12,14,18H,4,7,10,13,15H2. The highest BCUT2D eigenvalue weighted by Gasteiger charge is 2.32. The molecule has 0 saturated carbocycles. The maximum atomic E-state index is 12.8. The second kappa shape index (κ2) is 7.98. The van der Waals surface area contributed by atoms with Gasteiger partial charge in [0.25, 0.3) is 5.91 Å². The fourth-order valence-electron chi connectivity index (χ4n) is 3.75. The van der Waals surface area contributed by atoms with E-state index in [1.54, 1.807) is 4.90 Å². The van der Waals surface area contributed by atoms with E-state index in [1.807, 2.05) is 65.3 Å². The Hall–Kier alpha value is -3.68. The van der Waals surface area contributed by atoms with Crippen LogP contribution in [0.1, 0.15) is 31.2 Å². The van der Waals surface area contributed by atoms with Crippen molar-refractivity contribution < 1.29 is 14.1 Å². The van der Waals surface area contributed by atoms with Gasteiger partial charge in [0, 0.05) is 18.9 Å². The van der Waals surface area contributed by atoms with Crippen LogP contribution in [-0.2, 0) is 4.79 Å². The number of amides is 1. The zero-order valence-corrected chi connectivity index (χ0v) is 16.3. The zero-order valence-electron chi connectivity index (χ0n) is 16.3. The van der Waals surface area contributed by atoms with Crippen LogP contribution in [0.25, 0.3) is 17.2 Å². The van der Waals surface area contributed by atoms with Crippen LogP contribution in [0.5, 0.6) is 5.75 Å². The van der Waals surface area contributed by atoms with Gasteiger partial charge in [-0.2, -0.15) is 4.98 Å². The highest BCUT2D eigenvalue weighted by molar-refractivity contribution is 5.78. The van der Waals surface area contributed by atoms with Crippen LogP contribution in [0.2, 0.25) is 0 Å². The number of imidazole rings is 1. The first-order valence-corrected chi connectivity index (χ1v) is 10.0. The van der Waals surface area contributed by atoms with Gasteiger partial charge in [-0.1, -0.05) is 29.4 Å². The minimum absolute atomic E-state index is 0.0199. The molecule has 8 heteroatoms. The molecule has 1 unspecified atom stereocenters. The molecular weight excluding hydrogens is 382 g/mol. The molecule has 1 aliphatic rings. The summed E-state index contributed by atoms with van der Waals surface area (Å²) in [5.41, 5.74) is 1.45. The van der Waals surface area contributed by atoms with Gasteiger partial charge in [0.2, 0.25) is 11.7 Å². The molecule has 30 heavy (non-hydrogen) atoms. The lowest BCUT2D eigenvalue weighted by atomic mass is 10.0. The van der Waals surface area contributed by atoms with E-state index in [2.05, 4.69) is 15.1 Å². The number of rotatable bonds is 5. The van der Waals surface area contributed by atoms with E-state index in [0.29, 0.717) is 29.7 Å². The molecule has 152 valence electrons. The number of hydrogen-bond acceptors (Lipinski definition) is 6. The third kappa shape index (κ3) is 3.63. The SMILES string of the molecule is O=C(COc1ccccc1)N1CCCCC1c1nc(-c2cn3ccccc3n2)no1. The summed E-state index contributed by atoms with van der Waals surface area (Å²) in [4.78, 5) is 23.7. The lowest BCUT2D eigenvalue weighted by Gasteiger charge is -2.33. The molecular formula is C22H21N5O3. The summed E-state index contributed by atoms with van der Waals surface area (Å²) in [5.74, 6) is 1.45. The van der Waals surface area contributed by atoms with Gasteiger partial charge >= 0.3 is 0 Å². The van der Waals surface area contributed by atoms with Crippen LogP contribution in [-0.4, -0.2) is 43.5 Å². The maximum absolute atomic E-state index is 12.8. The van der Waals surface area contributed by atoms with Crippen molar-refractivity contribution in [2.45, 2.75) is 25.3 Å². The fraction of sp³-hybridized carbons (Fsp3) is 0.273. The van der Waals surface area contributed by atoms with E-state index in [4.69, 9.17) is 9.26 Å². The van der Waals surface area contributed by atoms with Gasteiger partial charge in [-0.25, -0.2) is 4.98 Å². The van der Waals surface area contributed by atoms with Crippen LogP contribution in [0.15, 0.2) is 65.4 Å². The first-order valence-electron chi connectivity index (χ1n) is 10.0. The highest BCUT2D eigenvalue weighted by atomic mass is 16.5. The number of para-hydroxylation sites is 1. The molecule has 0 N–H and O–H groups in total. The lowest BCUT2D eigenvalue weighted by Crippen LogP contribution is -2.41. The lowest BCUT2D eigenvalue weighted by molar-refractivity contribution is -0.138. The molecule has 1 amide bonds. The average molecular weight is 403 g/mol. The highest BCUT2D eigenvalue weighted by Crippen LogP contribution is 2.31. The summed E-state index contributed by atoms with van der Waals surface area (Å²) in [7, 11) is 0. The average Bonchev–Trinajstić information content (AvgIpc) is 3.45. The zero-order chi connectivity index (χ0) is 20.3. The van der Waals surface area contributed by atoms with Gasteiger partial charge in [-0.05, 0) is 43.5 Å². The van der Waals surface area contributed by atoms with Gasteiger partial charge < -0.3 is 18.6 Å². The minimum atomic E-state index is -0.246. The van der Waals surface area contributed by atoms with Crippen LogP contribution in [0.4, 0.5) is 0 Å². The summed E-state index contributed by atoms with van der Waals surface area (Å²) >= 11 is 0. The molecule has 1 aliphatic heterocycles. The summed E-state index contributed by atoms with van der Waals surface area (Å²) in [6, 6.07) is 14.9. The van der Waals surface area contributed by atoms with E-state index >= 15 is 0 Å². The Morgan fingerprint density at radius 3 is 2.83 bits per heavy atom. The van der Waals surface area contributed by atoms with Crippen molar-refractivity contribution in [1.82, 2.24) is 24.4 Å². The second-order valence-corrected chi connectivity index (χ2v) is 7.25. The van der Waals surface area contributed by atoms with Gasteiger partial charge in [0.1, 0.15) is 23.1 Å². The number of aromatic nitrogens is 4. The predicted octanol–water partition coefficient (Wildman–Crippen LogP) is 3.52. The van der Waals surface area contributed by atoms with Crippen LogP contribution in [0.3, 0.4) is 0 Å². The molecule has 0 spiro atoms. The molecule has 8 nitrogen and oxygen atoms in total.